The second kappa shape index (κ2) is 4.10. The summed E-state index contributed by atoms with van der Waals surface area (Å²) in [5, 5.41) is 0. The average Bonchev–Trinajstić information content (AvgIpc) is 2.87. The average molecular weight is 235 g/mol. The Morgan fingerprint density at radius 1 is 1.06 bits per heavy atom. The molecule has 5 atom stereocenters. The van der Waals surface area contributed by atoms with Gasteiger partial charge in [0.15, 0.2) is 0 Å². The predicted octanol–water partition coefficient (Wildman–Crippen LogP) is 2.69. The summed E-state index contributed by atoms with van der Waals surface area (Å²) in [6.45, 7) is 10.6. The predicted molar refractivity (Wildman–Crippen MR) is 69.9 cm³/mol. The first-order valence-electron chi connectivity index (χ1n) is 7.17. The molecule has 17 heavy (non-hydrogen) atoms. The van der Waals surface area contributed by atoms with Crippen molar-refractivity contribution < 1.29 is 4.74 Å². The number of hydrogen-bond acceptors (Lipinski definition) is 2. The normalized spacial score (nSPS) is 44.9. The highest BCUT2D eigenvalue weighted by molar-refractivity contribution is 5.17. The lowest BCUT2D eigenvalue weighted by Gasteiger charge is -2.47. The van der Waals surface area contributed by atoms with Gasteiger partial charge in [-0.2, -0.15) is 0 Å². The summed E-state index contributed by atoms with van der Waals surface area (Å²) in [5.41, 5.74) is 0. The summed E-state index contributed by atoms with van der Waals surface area (Å²) in [6, 6.07) is 1.40. The highest BCUT2D eigenvalue weighted by Crippen LogP contribution is 2.46. The Balaban J connectivity index is 1.82. The summed E-state index contributed by atoms with van der Waals surface area (Å²) in [6.07, 6.45) is 6.76. The first-order valence-corrected chi connectivity index (χ1v) is 7.17. The third-order valence-electron chi connectivity index (χ3n) is 4.99. The summed E-state index contributed by atoms with van der Waals surface area (Å²) in [5.74, 6) is 2.29. The number of ether oxygens (including phenoxy) is 1. The van der Waals surface area contributed by atoms with Crippen LogP contribution in [-0.2, 0) is 4.74 Å². The van der Waals surface area contributed by atoms with E-state index < -0.39 is 0 Å². The molecule has 3 rings (SSSR count). The molecule has 5 unspecified atom stereocenters. The van der Waals surface area contributed by atoms with Crippen molar-refractivity contribution in [1.29, 1.82) is 0 Å². The van der Waals surface area contributed by atoms with E-state index in [9.17, 15) is 0 Å². The van der Waals surface area contributed by atoms with Crippen LogP contribution in [0.1, 0.15) is 34.1 Å². The maximum atomic E-state index is 6.04. The van der Waals surface area contributed by atoms with Gasteiger partial charge in [-0.25, -0.2) is 0 Å². The van der Waals surface area contributed by atoms with Crippen LogP contribution in [0.4, 0.5) is 0 Å². The van der Waals surface area contributed by atoms with Crippen molar-refractivity contribution in [2.24, 2.45) is 17.8 Å². The Hall–Kier alpha value is -0.340. The molecule has 3 aliphatic heterocycles. The zero-order valence-electron chi connectivity index (χ0n) is 11.5. The van der Waals surface area contributed by atoms with Crippen LogP contribution in [-0.4, -0.2) is 35.7 Å². The van der Waals surface area contributed by atoms with Gasteiger partial charge in [-0.15, -0.1) is 0 Å². The quantitative estimate of drug-likeness (QED) is 0.682. The van der Waals surface area contributed by atoms with Gasteiger partial charge in [0.1, 0.15) is 0 Å². The van der Waals surface area contributed by atoms with Gasteiger partial charge in [0.05, 0.1) is 12.2 Å². The summed E-state index contributed by atoms with van der Waals surface area (Å²) >= 11 is 0. The van der Waals surface area contributed by atoms with Crippen LogP contribution >= 0.6 is 0 Å². The molecule has 0 aromatic carbocycles. The molecule has 0 aromatic rings. The number of likely N-dealkylation sites (tertiary alicyclic amines) is 1. The van der Waals surface area contributed by atoms with Crippen LogP contribution in [0.5, 0.6) is 0 Å². The Labute approximate surface area is 105 Å². The van der Waals surface area contributed by atoms with Crippen LogP contribution in [0.25, 0.3) is 0 Å². The maximum Gasteiger partial charge on any atom is 0.0809 e. The Kier molecular flexibility index (Phi) is 2.83. The van der Waals surface area contributed by atoms with Crippen molar-refractivity contribution >= 4 is 0 Å². The van der Waals surface area contributed by atoms with Crippen molar-refractivity contribution in [3.05, 3.63) is 12.2 Å². The highest BCUT2D eigenvalue weighted by atomic mass is 16.5. The van der Waals surface area contributed by atoms with Gasteiger partial charge < -0.3 is 4.74 Å². The summed E-state index contributed by atoms with van der Waals surface area (Å²) in [4.78, 5) is 2.71. The lowest BCUT2D eigenvalue weighted by Crippen LogP contribution is -2.54. The van der Waals surface area contributed by atoms with E-state index in [0.717, 1.165) is 23.8 Å². The largest absolute Gasteiger partial charge is 0.366 e. The molecule has 0 aliphatic carbocycles. The van der Waals surface area contributed by atoms with Gasteiger partial charge in [-0.1, -0.05) is 26.0 Å². The second-order valence-electron chi connectivity index (χ2n) is 6.62. The van der Waals surface area contributed by atoms with Crippen molar-refractivity contribution in [2.75, 3.05) is 6.54 Å². The van der Waals surface area contributed by atoms with E-state index >= 15 is 0 Å². The number of piperidine rings is 1. The standard InChI is InChI=1S/C15H25NO/c1-9(2)13-7-11-12(8-16(13)10(3)4)15-6-5-14(11)17-15/h5-6,9-15H,7-8H2,1-4H3. The zero-order chi connectivity index (χ0) is 12.2. The molecule has 3 heterocycles. The Morgan fingerprint density at radius 2 is 1.71 bits per heavy atom. The molecular weight excluding hydrogens is 210 g/mol. The van der Waals surface area contributed by atoms with E-state index in [-0.39, 0.29) is 0 Å². The highest BCUT2D eigenvalue weighted by Gasteiger charge is 2.51. The molecule has 0 radical (unpaired) electrons. The molecule has 0 amide bonds. The fourth-order valence-corrected chi connectivity index (χ4v) is 4.06. The van der Waals surface area contributed by atoms with E-state index in [4.69, 9.17) is 4.74 Å². The molecular formula is C15H25NO. The first-order chi connectivity index (χ1) is 8.08. The SMILES string of the molecule is CC(C)C1CC2C3C=CC(O3)C2CN1C(C)C. The fraction of sp³-hybridized carbons (Fsp3) is 0.867. The monoisotopic (exact) mass is 235 g/mol. The lowest BCUT2D eigenvalue weighted by atomic mass is 9.73. The van der Waals surface area contributed by atoms with Gasteiger partial charge >= 0.3 is 0 Å². The van der Waals surface area contributed by atoms with Crippen LogP contribution in [0.2, 0.25) is 0 Å². The molecule has 2 bridgehead atoms. The topological polar surface area (TPSA) is 12.5 Å². The van der Waals surface area contributed by atoms with Gasteiger partial charge in [0, 0.05) is 24.5 Å². The second-order valence-corrected chi connectivity index (χ2v) is 6.62. The summed E-state index contributed by atoms with van der Waals surface area (Å²) in [7, 11) is 0. The van der Waals surface area contributed by atoms with E-state index in [1.165, 1.54) is 13.0 Å². The molecule has 96 valence electrons. The molecule has 2 fully saturated rings. The third kappa shape index (κ3) is 1.77. The molecule has 2 heteroatoms. The van der Waals surface area contributed by atoms with Crippen molar-refractivity contribution in [3.63, 3.8) is 0 Å². The smallest absolute Gasteiger partial charge is 0.0809 e. The molecule has 3 aliphatic rings. The number of fused-ring (bicyclic) bond motifs is 5. The molecule has 0 N–H and O–H groups in total. The molecule has 2 saturated heterocycles. The van der Waals surface area contributed by atoms with Crippen molar-refractivity contribution in [3.8, 4) is 0 Å². The van der Waals surface area contributed by atoms with E-state index in [1.54, 1.807) is 0 Å². The van der Waals surface area contributed by atoms with E-state index in [0.29, 0.717) is 18.2 Å². The van der Waals surface area contributed by atoms with E-state index in [2.05, 4.69) is 44.7 Å². The Morgan fingerprint density at radius 3 is 2.29 bits per heavy atom. The van der Waals surface area contributed by atoms with Crippen LogP contribution < -0.4 is 0 Å². The number of hydrogen-bond donors (Lipinski definition) is 0. The first kappa shape index (κ1) is 11.7. The minimum absolute atomic E-state index is 0.416. The van der Waals surface area contributed by atoms with Crippen LogP contribution in [0.3, 0.4) is 0 Å². The lowest BCUT2D eigenvalue weighted by molar-refractivity contribution is 0.0228. The number of nitrogens with zero attached hydrogens (tertiary/aromatic N) is 1. The van der Waals surface area contributed by atoms with Gasteiger partial charge in [0.2, 0.25) is 0 Å². The molecule has 0 aromatic heterocycles. The number of rotatable bonds is 2. The van der Waals surface area contributed by atoms with Crippen molar-refractivity contribution in [2.45, 2.75) is 58.4 Å². The van der Waals surface area contributed by atoms with E-state index in [1.807, 2.05) is 0 Å². The van der Waals surface area contributed by atoms with Gasteiger partial charge in [-0.3, -0.25) is 4.90 Å². The van der Waals surface area contributed by atoms with Crippen LogP contribution in [0, 0.1) is 17.8 Å². The van der Waals surface area contributed by atoms with Crippen LogP contribution in [0.15, 0.2) is 12.2 Å². The zero-order valence-corrected chi connectivity index (χ0v) is 11.5. The fourth-order valence-electron chi connectivity index (χ4n) is 4.06. The van der Waals surface area contributed by atoms with Gasteiger partial charge in [0.25, 0.3) is 0 Å². The third-order valence-corrected chi connectivity index (χ3v) is 4.99. The molecule has 0 saturated carbocycles. The Bertz CT molecular complexity index is 293. The van der Waals surface area contributed by atoms with Crippen molar-refractivity contribution in [1.82, 2.24) is 4.90 Å². The van der Waals surface area contributed by atoms with Gasteiger partial charge in [-0.05, 0) is 32.1 Å². The minimum atomic E-state index is 0.416. The minimum Gasteiger partial charge on any atom is -0.366 e. The summed E-state index contributed by atoms with van der Waals surface area (Å²) < 4.78 is 6.04. The molecule has 2 nitrogen and oxygen atoms in total. The maximum absolute atomic E-state index is 6.04. The molecule has 0 spiro atoms.